The lowest BCUT2D eigenvalue weighted by Gasteiger charge is -2.15. The van der Waals surface area contributed by atoms with Crippen molar-refractivity contribution < 1.29 is 14.5 Å². The van der Waals surface area contributed by atoms with Crippen molar-refractivity contribution in [2.75, 3.05) is 13.1 Å². The van der Waals surface area contributed by atoms with E-state index >= 15 is 0 Å². The van der Waals surface area contributed by atoms with Gasteiger partial charge in [-0.15, -0.1) is 0 Å². The van der Waals surface area contributed by atoms with E-state index in [0.717, 1.165) is 25.7 Å². The molecule has 2 N–H and O–H groups in total. The third-order valence-corrected chi connectivity index (χ3v) is 4.20. The van der Waals surface area contributed by atoms with Crippen LogP contribution in [0.1, 0.15) is 55.5 Å². The second-order valence-corrected chi connectivity index (χ2v) is 6.16. The molecule has 1 atom stereocenters. The van der Waals surface area contributed by atoms with Crippen molar-refractivity contribution in [1.82, 2.24) is 10.6 Å². The number of nitro benzene ring substituents is 1. The van der Waals surface area contributed by atoms with Gasteiger partial charge in [-0.25, -0.2) is 0 Å². The molecule has 0 saturated heterocycles. The Morgan fingerprint density at radius 3 is 2.52 bits per heavy atom. The Morgan fingerprint density at radius 1 is 1.24 bits per heavy atom. The Kier molecular flexibility index (Phi) is 8.60. The van der Waals surface area contributed by atoms with Crippen molar-refractivity contribution >= 4 is 17.5 Å². The van der Waals surface area contributed by atoms with Crippen LogP contribution in [0.5, 0.6) is 0 Å². The van der Waals surface area contributed by atoms with E-state index in [1.54, 1.807) is 6.92 Å². The van der Waals surface area contributed by atoms with E-state index in [0.29, 0.717) is 23.6 Å². The van der Waals surface area contributed by atoms with Gasteiger partial charge in [0, 0.05) is 23.7 Å². The third-order valence-electron chi connectivity index (χ3n) is 4.20. The van der Waals surface area contributed by atoms with Crippen LogP contribution in [0.4, 0.5) is 5.69 Å². The lowest BCUT2D eigenvalue weighted by molar-refractivity contribution is -0.385. The van der Waals surface area contributed by atoms with Gasteiger partial charge in [-0.3, -0.25) is 19.7 Å². The van der Waals surface area contributed by atoms with Gasteiger partial charge in [0.2, 0.25) is 5.91 Å². The molecule has 0 bridgehead atoms. The summed E-state index contributed by atoms with van der Waals surface area (Å²) in [5.41, 5.74) is 0.668. The molecule has 0 saturated carbocycles. The van der Waals surface area contributed by atoms with Gasteiger partial charge in [0.15, 0.2) is 0 Å². The minimum absolute atomic E-state index is 0.0352. The Morgan fingerprint density at radius 2 is 1.96 bits per heavy atom. The maximum atomic E-state index is 12.1. The molecule has 0 radical (unpaired) electrons. The molecular weight excluding hydrogens is 322 g/mol. The molecule has 0 heterocycles. The topological polar surface area (TPSA) is 101 Å². The lowest BCUT2D eigenvalue weighted by atomic mass is 9.99. The van der Waals surface area contributed by atoms with Crippen LogP contribution in [-0.2, 0) is 4.79 Å². The summed E-state index contributed by atoms with van der Waals surface area (Å²) in [4.78, 5) is 34.2. The van der Waals surface area contributed by atoms with Crippen LogP contribution >= 0.6 is 0 Å². The van der Waals surface area contributed by atoms with E-state index in [-0.39, 0.29) is 18.1 Å². The summed E-state index contributed by atoms with van der Waals surface area (Å²) >= 11 is 0. The lowest BCUT2D eigenvalue weighted by Crippen LogP contribution is -2.38. The molecule has 0 aliphatic rings. The number of hydrogen-bond acceptors (Lipinski definition) is 4. The summed E-state index contributed by atoms with van der Waals surface area (Å²) in [5.74, 6) is -0.204. The Balaban J connectivity index is 2.46. The van der Waals surface area contributed by atoms with E-state index in [2.05, 4.69) is 24.5 Å². The Labute approximate surface area is 148 Å². The van der Waals surface area contributed by atoms with Gasteiger partial charge in [0.25, 0.3) is 11.6 Å². The summed E-state index contributed by atoms with van der Waals surface area (Å²) in [6.45, 7) is 6.32. The number of hydrogen-bond donors (Lipinski definition) is 2. The van der Waals surface area contributed by atoms with Crippen LogP contribution in [0.15, 0.2) is 18.2 Å². The summed E-state index contributed by atoms with van der Waals surface area (Å²) in [7, 11) is 0. The van der Waals surface area contributed by atoms with Gasteiger partial charge in [-0.05, 0) is 31.4 Å². The zero-order chi connectivity index (χ0) is 18.8. The Bertz CT molecular complexity index is 616. The van der Waals surface area contributed by atoms with E-state index in [1.807, 2.05) is 0 Å². The summed E-state index contributed by atoms with van der Waals surface area (Å²) in [6.07, 6.45) is 4.37. The molecule has 1 aromatic carbocycles. The van der Waals surface area contributed by atoms with Gasteiger partial charge < -0.3 is 10.6 Å². The van der Waals surface area contributed by atoms with E-state index in [9.17, 15) is 19.7 Å². The first-order valence-corrected chi connectivity index (χ1v) is 8.68. The highest BCUT2D eigenvalue weighted by atomic mass is 16.6. The standard InChI is InChI=1S/C18H27N3O4/c1-4-6-7-14(5-2)11-19-17(22)12-20-18(23)15-8-9-16(21(24)25)13(3)10-15/h8-10,14H,4-7,11-12H2,1-3H3,(H,19,22)(H,20,23). The first-order chi connectivity index (χ1) is 11.9. The summed E-state index contributed by atoms with van der Waals surface area (Å²) in [6, 6.07) is 4.13. The third kappa shape index (κ3) is 6.91. The average molecular weight is 349 g/mol. The summed E-state index contributed by atoms with van der Waals surface area (Å²) in [5, 5.41) is 16.2. The van der Waals surface area contributed by atoms with Crippen LogP contribution in [0.25, 0.3) is 0 Å². The number of aryl methyl sites for hydroxylation is 1. The highest BCUT2D eigenvalue weighted by Gasteiger charge is 2.14. The monoisotopic (exact) mass is 349 g/mol. The van der Waals surface area contributed by atoms with E-state index in [1.165, 1.54) is 18.2 Å². The van der Waals surface area contributed by atoms with Crippen molar-refractivity contribution in [3.63, 3.8) is 0 Å². The largest absolute Gasteiger partial charge is 0.354 e. The predicted octanol–water partition coefficient (Wildman–Crippen LogP) is 2.97. The smallest absolute Gasteiger partial charge is 0.272 e. The number of carbonyl (C=O) groups excluding carboxylic acids is 2. The fourth-order valence-electron chi connectivity index (χ4n) is 2.53. The molecule has 0 aliphatic carbocycles. The van der Waals surface area contributed by atoms with Crippen LogP contribution in [0.3, 0.4) is 0 Å². The summed E-state index contributed by atoms with van der Waals surface area (Å²) < 4.78 is 0. The minimum atomic E-state index is -0.493. The zero-order valence-corrected chi connectivity index (χ0v) is 15.1. The SMILES string of the molecule is CCCCC(CC)CNC(=O)CNC(=O)c1ccc([N+](=O)[O-])c(C)c1. The number of nitro groups is 1. The van der Waals surface area contributed by atoms with Crippen molar-refractivity contribution in [3.05, 3.63) is 39.4 Å². The molecule has 7 heteroatoms. The highest BCUT2D eigenvalue weighted by Crippen LogP contribution is 2.18. The molecule has 1 rings (SSSR count). The quantitative estimate of drug-likeness (QED) is 0.501. The fraction of sp³-hybridized carbons (Fsp3) is 0.556. The molecule has 0 aromatic heterocycles. The predicted molar refractivity (Wildman–Crippen MR) is 96.5 cm³/mol. The molecule has 2 amide bonds. The molecule has 138 valence electrons. The van der Waals surface area contributed by atoms with Crippen LogP contribution in [0, 0.1) is 23.0 Å². The molecule has 0 spiro atoms. The molecule has 0 aliphatic heterocycles. The van der Waals surface area contributed by atoms with E-state index in [4.69, 9.17) is 0 Å². The zero-order valence-electron chi connectivity index (χ0n) is 15.1. The minimum Gasteiger partial charge on any atom is -0.354 e. The van der Waals surface area contributed by atoms with Gasteiger partial charge in [-0.2, -0.15) is 0 Å². The van der Waals surface area contributed by atoms with E-state index < -0.39 is 10.8 Å². The molecule has 1 unspecified atom stereocenters. The van der Waals surface area contributed by atoms with Gasteiger partial charge in [0.05, 0.1) is 11.5 Å². The highest BCUT2D eigenvalue weighted by molar-refractivity contribution is 5.96. The molecular formula is C18H27N3O4. The molecule has 7 nitrogen and oxygen atoms in total. The average Bonchev–Trinajstić information content (AvgIpc) is 2.59. The molecule has 25 heavy (non-hydrogen) atoms. The number of rotatable bonds is 10. The van der Waals surface area contributed by atoms with Crippen molar-refractivity contribution in [2.24, 2.45) is 5.92 Å². The maximum Gasteiger partial charge on any atom is 0.272 e. The second kappa shape index (κ2) is 10.4. The fourth-order valence-corrected chi connectivity index (χ4v) is 2.53. The number of amides is 2. The number of unbranched alkanes of at least 4 members (excludes halogenated alkanes) is 1. The van der Waals surface area contributed by atoms with Crippen LogP contribution < -0.4 is 10.6 Å². The Hall–Kier alpha value is -2.44. The first kappa shape index (κ1) is 20.6. The van der Waals surface area contributed by atoms with Gasteiger partial charge >= 0.3 is 0 Å². The van der Waals surface area contributed by atoms with Crippen molar-refractivity contribution in [1.29, 1.82) is 0 Å². The van der Waals surface area contributed by atoms with Crippen molar-refractivity contribution in [3.8, 4) is 0 Å². The first-order valence-electron chi connectivity index (χ1n) is 8.68. The maximum absolute atomic E-state index is 12.1. The van der Waals surface area contributed by atoms with Gasteiger partial charge in [0.1, 0.15) is 0 Å². The number of nitrogens with zero attached hydrogens (tertiary/aromatic N) is 1. The second-order valence-electron chi connectivity index (χ2n) is 6.16. The molecule has 1 aromatic rings. The van der Waals surface area contributed by atoms with Crippen LogP contribution in [-0.4, -0.2) is 29.8 Å². The number of nitrogens with one attached hydrogen (secondary N) is 2. The van der Waals surface area contributed by atoms with Crippen LogP contribution in [0.2, 0.25) is 0 Å². The number of carbonyl (C=O) groups is 2. The van der Waals surface area contributed by atoms with Gasteiger partial charge in [-0.1, -0.05) is 33.1 Å². The molecule has 0 fully saturated rings. The normalized spacial score (nSPS) is 11.6. The number of benzene rings is 1. The van der Waals surface area contributed by atoms with Crippen molar-refractivity contribution in [2.45, 2.75) is 46.5 Å².